The normalized spacial score (nSPS) is 17.7. The molecule has 2 aromatic rings. The largest absolute Gasteiger partial charge is 0.598 e. The number of nitrogens with one attached hydrogen (secondary N) is 1. The number of nitrogens with zero attached hydrogens (tertiary/aromatic N) is 2. The third-order valence-corrected chi connectivity index (χ3v) is 7.60. The van der Waals surface area contributed by atoms with Gasteiger partial charge in [0.15, 0.2) is 0 Å². The molecule has 3 rings (SSSR count). The van der Waals surface area contributed by atoms with Crippen molar-refractivity contribution >= 4 is 46.1 Å². The van der Waals surface area contributed by atoms with Gasteiger partial charge in [0.1, 0.15) is 16.3 Å². The lowest BCUT2D eigenvalue weighted by Gasteiger charge is -2.38. The number of piperidine rings is 1. The van der Waals surface area contributed by atoms with Crippen LogP contribution in [0.15, 0.2) is 30.5 Å². The second kappa shape index (κ2) is 9.40. The molecule has 2 atom stereocenters. The predicted molar refractivity (Wildman–Crippen MR) is 125 cm³/mol. The monoisotopic (exact) mass is 470 g/mol. The smallest absolute Gasteiger partial charge is 0.136 e. The maximum absolute atomic E-state index is 12.9. The maximum atomic E-state index is 12.9. The molecule has 0 radical (unpaired) electrons. The van der Waals surface area contributed by atoms with Crippen LogP contribution in [0.25, 0.3) is 0 Å². The zero-order chi connectivity index (χ0) is 22.1. The third kappa shape index (κ3) is 5.45. The summed E-state index contributed by atoms with van der Waals surface area (Å²) < 4.78 is 15.7. The predicted octanol–water partition coefficient (Wildman–Crippen LogP) is 4.69. The summed E-state index contributed by atoms with van der Waals surface area (Å²) in [7, 11) is 0. The van der Waals surface area contributed by atoms with Crippen molar-refractivity contribution in [1.29, 1.82) is 0 Å². The lowest BCUT2D eigenvalue weighted by Crippen LogP contribution is -2.45. The minimum absolute atomic E-state index is 0.0513. The summed E-state index contributed by atoms with van der Waals surface area (Å²) >= 11 is 11.0. The summed E-state index contributed by atoms with van der Waals surface area (Å²) in [6, 6.07) is 6.57. The molecule has 0 saturated carbocycles. The Kier molecular flexibility index (Phi) is 7.30. The van der Waals surface area contributed by atoms with E-state index in [1.54, 1.807) is 12.3 Å². The van der Waals surface area contributed by atoms with Crippen LogP contribution in [0.2, 0.25) is 10.0 Å². The Morgan fingerprint density at radius 1 is 1.23 bits per heavy atom. The van der Waals surface area contributed by atoms with E-state index in [0.717, 1.165) is 31.7 Å². The molecule has 1 aromatic heterocycles. The number of pyridine rings is 1. The van der Waals surface area contributed by atoms with Gasteiger partial charge < -0.3 is 20.3 Å². The lowest BCUT2D eigenvalue weighted by atomic mass is 9.85. The molecule has 1 saturated heterocycles. The van der Waals surface area contributed by atoms with Crippen molar-refractivity contribution in [3.8, 4) is 5.75 Å². The van der Waals surface area contributed by atoms with E-state index in [2.05, 4.69) is 14.6 Å². The first-order chi connectivity index (χ1) is 14.1. The first-order valence-electron chi connectivity index (χ1n) is 9.88. The first kappa shape index (κ1) is 23.3. The highest BCUT2D eigenvalue weighted by Crippen LogP contribution is 2.40. The molecule has 1 aliphatic heterocycles. The molecule has 1 aromatic carbocycles. The zero-order valence-electron chi connectivity index (χ0n) is 17.4. The van der Waals surface area contributed by atoms with Gasteiger partial charge in [0, 0.05) is 36.1 Å². The van der Waals surface area contributed by atoms with E-state index >= 15 is 0 Å². The fourth-order valence-electron chi connectivity index (χ4n) is 3.55. The average molecular weight is 471 g/mol. The van der Waals surface area contributed by atoms with Crippen molar-refractivity contribution in [1.82, 2.24) is 9.71 Å². The fraction of sp³-hybridized carbons (Fsp3) is 0.476. The number of phenolic OH excluding ortho intramolecular Hbond substituents is 1. The number of nitrogen functional groups attached to an aromatic ring is 1. The molecule has 0 bridgehead atoms. The first-order valence-corrected chi connectivity index (χ1v) is 11.8. The van der Waals surface area contributed by atoms with Crippen molar-refractivity contribution in [2.75, 3.05) is 23.7 Å². The van der Waals surface area contributed by atoms with Crippen LogP contribution in [0.1, 0.15) is 45.2 Å². The van der Waals surface area contributed by atoms with Gasteiger partial charge in [-0.2, -0.15) is 0 Å². The molecule has 1 aliphatic rings. The van der Waals surface area contributed by atoms with E-state index in [-0.39, 0.29) is 22.7 Å². The van der Waals surface area contributed by atoms with Gasteiger partial charge in [-0.15, -0.1) is 4.72 Å². The molecule has 4 N–H and O–H groups in total. The van der Waals surface area contributed by atoms with E-state index in [4.69, 9.17) is 28.9 Å². The van der Waals surface area contributed by atoms with Crippen LogP contribution in [0.5, 0.6) is 5.75 Å². The highest BCUT2D eigenvalue weighted by molar-refractivity contribution is 7.90. The van der Waals surface area contributed by atoms with Crippen LogP contribution in [-0.2, 0) is 11.4 Å². The number of rotatable bonds is 5. The van der Waals surface area contributed by atoms with E-state index in [0.29, 0.717) is 16.3 Å². The molecule has 30 heavy (non-hydrogen) atoms. The number of aromatic hydroxyl groups is 1. The van der Waals surface area contributed by atoms with E-state index in [1.807, 2.05) is 32.9 Å². The topological polar surface area (TPSA) is 97.5 Å². The van der Waals surface area contributed by atoms with Crippen LogP contribution in [-0.4, -0.2) is 32.5 Å². The molecule has 9 heteroatoms. The summed E-state index contributed by atoms with van der Waals surface area (Å²) in [5.74, 6) is 1.10. The Morgan fingerprint density at radius 2 is 1.87 bits per heavy atom. The quantitative estimate of drug-likeness (QED) is 0.548. The Balaban J connectivity index is 1.82. The average Bonchev–Trinajstić information content (AvgIpc) is 2.69. The van der Waals surface area contributed by atoms with Gasteiger partial charge in [-0.1, -0.05) is 23.2 Å². The van der Waals surface area contributed by atoms with Crippen molar-refractivity contribution in [2.24, 2.45) is 5.92 Å². The SMILES string of the molecule is CC(C)(C)[S@+]([O-])N[C@@H](c1cc(Cl)c(Cl)cc1O)C1CCN(c2ccc(N)cn2)CC1. The van der Waals surface area contributed by atoms with Crippen molar-refractivity contribution < 1.29 is 9.66 Å². The Hall–Kier alpha value is -1.38. The van der Waals surface area contributed by atoms with Gasteiger partial charge in [-0.3, -0.25) is 0 Å². The standard InChI is InChI=1S/C21H28Cl2N4O2S/c1-21(2,3)30(29)26-20(15-10-16(22)17(23)11-18(15)28)13-6-8-27(9-7-13)19-5-4-14(24)12-25-19/h4-5,10-13,20,26,28H,6-9,24H2,1-3H3/t20-,30+/m1/s1. The number of aromatic nitrogens is 1. The summed E-state index contributed by atoms with van der Waals surface area (Å²) in [5.41, 5.74) is 6.99. The number of phenols is 1. The molecule has 0 unspecified atom stereocenters. The highest BCUT2D eigenvalue weighted by atomic mass is 35.5. The number of nitrogens with two attached hydrogens (primary N) is 1. The van der Waals surface area contributed by atoms with Gasteiger partial charge >= 0.3 is 0 Å². The summed E-state index contributed by atoms with van der Waals surface area (Å²) in [5, 5.41) is 11.2. The second-order valence-corrected chi connectivity index (χ2v) is 11.4. The summed E-state index contributed by atoms with van der Waals surface area (Å²) in [4.78, 5) is 6.62. The Bertz CT molecular complexity index is 869. The van der Waals surface area contributed by atoms with E-state index in [1.165, 1.54) is 6.07 Å². The van der Waals surface area contributed by atoms with E-state index < -0.39 is 16.1 Å². The van der Waals surface area contributed by atoms with E-state index in [9.17, 15) is 9.66 Å². The maximum Gasteiger partial charge on any atom is 0.136 e. The molecule has 2 heterocycles. The minimum atomic E-state index is -1.31. The van der Waals surface area contributed by atoms with Crippen LogP contribution < -0.4 is 15.4 Å². The lowest BCUT2D eigenvalue weighted by molar-refractivity contribution is 0.317. The molecule has 0 amide bonds. The van der Waals surface area contributed by atoms with Gasteiger partial charge in [0.25, 0.3) is 0 Å². The molecule has 6 nitrogen and oxygen atoms in total. The van der Waals surface area contributed by atoms with Crippen molar-refractivity contribution in [2.45, 2.75) is 44.4 Å². The van der Waals surface area contributed by atoms with Crippen LogP contribution in [0, 0.1) is 5.92 Å². The number of anilines is 2. The molecular formula is C21H28Cl2N4O2S. The highest BCUT2D eigenvalue weighted by Gasteiger charge is 2.36. The van der Waals surface area contributed by atoms with Crippen LogP contribution in [0.4, 0.5) is 11.5 Å². The van der Waals surface area contributed by atoms with Crippen LogP contribution in [0.3, 0.4) is 0 Å². The van der Waals surface area contributed by atoms with Crippen LogP contribution >= 0.6 is 23.2 Å². The number of hydrogen-bond acceptors (Lipinski definition) is 6. The van der Waals surface area contributed by atoms with Gasteiger partial charge in [-0.05, 0) is 57.7 Å². The molecule has 0 aliphatic carbocycles. The van der Waals surface area contributed by atoms with Gasteiger partial charge in [0.05, 0.1) is 28.0 Å². The Labute approximate surface area is 191 Å². The van der Waals surface area contributed by atoms with Crippen molar-refractivity contribution in [3.63, 3.8) is 0 Å². The zero-order valence-corrected chi connectivity index (χ0v) is 19.7. The number of halogens is 2. The number of benzene rings is 1. The number of hydrogen-bond donors (Lipinski definition) is 3. The Morgan fingerprint density at radius 3 is 2.43 bits per heavy atom. The molecule has 164 valence electrons. The molecule has 0 spiro atoms. The summed E-state index contributed by atoms with van der Waals surface area (Å²) in [6.07, 6.45) is 3.33. The molecule has 1 fully saturated rings. The third-order valence-electron chi connectivity index (χ3n) is 5.30. The summed E-state index contributed by atoms with van der Waals surface area (Å²) in [6.45, 7) is 7.33. The molecular weight excluding hydrogens is 443 g/mol. The van der Waals surface area contributed by atoms with Crippen molar-refractivity contribution in [3.05, 3.63) is 46.1 Å². The fourth-order valence-corrected chi connectivity index (χ4v) is 4.79. The van der Waals surface area contributed by atoms with Gasteiger partial charge in [-0.25, -0.2) is 4.98 Å². The van der Waals surface area contributed by atoms with Gasteiger partial charge in [0.2, 0.25) is 0 Å². The minimum Gasteiger partial charge on any atom is -0.598 e. The second-order valence-electron chi connectivity index (χ2n) is 8.58.